The largest absolute Gasteiger partial charge is 0.469 e. The molecule has 6 atom stereocenters. The molecule has 2 fully saturated rings. The highest BCUT2D eigenvalue weighted by Crippen LogP contribution is 2.62. The highest BCUT2D eigenvalue weighted by atomic mass is 17.2. The van der Waals surface area contributed by atoms with Crippen molar-refractivity contribution in [1.29, 1.82) is 0 Å². The Morgan fingerprint density at radius 2 is 1.41 bits per heavy atom. The number of rotatable bonds is 2. The van der Waals surface area contributed by atoms with Crippen molar-refractivity contribution in [3.05, 3.63) is 35.5 Å². The van der Waals surface area contributed by atoms with E-state index in [9.17, 15) is 9.59 Å². The Kier molecular flexibility index (Phi) is 2.99. The molecule has 0 spiro atoms. The molecule has 6 nitrogen and oxygen atoms in total. The van der Waals surface area contributed by atoms with Crippen LogP contribution in [-0.2, 0) is 28.8 Å². The monoisotopic (exact) mass is 304 g/mol. The second kappa shape index (κ2) is 4.79. The van der Waals surface area contributed by atoms with Crippen LogP contribution in [0, 0.1) is 23.7 Å². The average molecular weight is 304 g/mol. The smallest absolute Gasteiger partial charge is 0.316 e. The van der Waals surface area contributed by atoms with Gasteiger partial charge < -0.3 is 9.47 Å². The standard InChI is InChI=1S/C16H16O6/c1-19-15(17)7-3-5-8-9(6-4-7)14-11-10(13(8)21-22-14)12(11)16(18)20-2/h3-7,10-14H,1-2H3/t7?,10-,11+,12?,13+,14-. The van der Waals surface area contributed by atoms with Gasteiger partial charge in [-0.2, -0.15) is 0 Å². The Hall–Kier alpha value is -1.92. The number of hydrogen-bond acceptors (Lipinski definition) is 6. The van der Waals surface area contributed by atoms with Crippen LogP contribution < -0.4 is 0 Å². The lowest BCUT2D eigenvalue weighted by atomic mass is 9.86. The van der Waals surface area contributed by atoms with Crippen LogP contribution >= 0.6 is 0 Å². The van der Waals surface area contributed by atoms with Gasteiger partial charge in [-0.1, -0.05) is 24.3 Å². The second-order valence-electron chi connectivity index (χ2n) is 5.92. The second-order valence-corrected chi connectivity index (χ2v) is 5.92. The van der Waals surface area contributed by atoms with Gasteiger partial charge in [-0.15, -0.1) is 0 Å². The number of fused-ring (bicyclic) bond motifs is 1. The molecule has 0 N–H and O–H groups in total. The van der Waals surface area contributed by atoms with Crippen LogP contribution in [0.2, 0.25) is 0 Å². The van der Waals surface area contributed by atoms with Gasteiger partial charge >= 0.3 is 11.9 Å². The Morgan fingerprint density at radius 1 is 0.909 bits per heavy atom. The van der Waals surface area contributed by atoms with Crippen molar-refractivity contribution in [2.75, 3.05) is 14.2 Å². The van der Waals surface area contributed by atoms with Gasteiger partial charge in [0.05, 0.1) is 26.1 Å². The van der Waals surface area contributed by atoms with Crippen molar-refractivity contribution >= 4 is 11.9 Å². The van der Waals surface area contributed by atoms with E-state index in [-0.39, 0.29) is 41.9 Å². The van der Waals surface area contributed by atoms with Crippen molar-refractivity contribution < 1.29 is 28.8 Å². The molecule has 116 valence electrons. The van der Waals surface area contributed by atoms with Gasteiger partial charge in [0.25, 0.3) is 0 Å². The molecule has 2 heterocycles. The van der Waals surface area contributed by atoms with Gasteiger partial charge in [-0.05, 0) is 11.1 Å². The summed E-state index contributed by atoms with van der Waals surface area (Å²) < 4.78 is 9.64. The molecule has 5 rings (SSSR count). The normalized spacial score (nSPS) is 40.6. The van der Waals surface area contributed by atoms with E-state index in [2.05, 4.69) is 0 Å². The number of carbonyl (C=O) groups is 2. The van der Waals surface area contributed by atoms with E-state index >= 15 is 0 Å². The summed E-state index contributed by atoms with van der Waals surface area (Å²) in [7, 11) is 2.77. The highest BCUT2D eigenvalue weighted by molar-refractivity contribution is 5.79. The van der Waals surface area contributed by atoms with E-state index in [0.717, 1.165) is 11.1 Å². The summed E-state index contributed by atoms with van der Waals surface area (Å²) in [6, 6.07) is 0. The molecule has 6 heteroatoms. The number of ether oxygens (including phenoxy) is 2. The first-order valence-corrected chi connectivity index (χ1v) is 7.25. The minimum Gasteiger partial charge on any atom is -0.469 e. The van der Waals surface area contributed by atoms with Gasteiger partial charge in [0.1, 0.15) is 12.2 Å². The topological polar surface area (TPSA) is 71.1 Å². The van der Waals surface area contributed by atoms with Gasteiger partial charge in [0.2, 0.25) is 0 Å². The van der Waals surface area contributed by atoms with E-state index in [0.29, 0.717) is 0 Å². The zero-order valence-electron chi connectivity index (χ0n) is 12.2. The Morgan fingerprint density at radius 3 is 1.86 bits per heavy atom. The third-order valence-corrected chi connectivity index (χ3v) is 4.95. The summed E-state index contributed by atoms with van der Waals surface area (Å²) in [5.41, 5.74) is 1.96. The van der Waals surface area contributed by atoms with E-state index in [1.54, 1.807) is 12.2 Å². The third kappa shape index (κ3) is 1.74. The van der Waals surface area contributed by atoms with Gasteiger partial charge in [-0.3, -0.25) is 9.59 Å². The number of methoxy groups -OCH3 is 2. The maximum atomic E-state index is 11.9. The lowest BCUT2D eigenvalue weighted by Gasteiger charge is -2.36. The van der Waals surface area contributed by atoms with E-state index in [1.807, 2.05) is 12.2 Å². The minimum absolute atomic E-state index is 0.0951. The van der Waals surface area contributed by atoms with Gasteiger partial charge in [0.15, 0.2) is 0 Å². The molecule has 0 amide bonds. The molecule has 2 aliphatic heterocycles. The molecule has 1 saturated heterocycles. The molecule has 0 aromatic rings. The van der Waals surface area contributed by atoms with Crippen molar-refractivity contribution in [3.8, 4) is 0 Å². The Bertz CT molecular complexity index is 593. The van der Waals surface area contributed by atoms with Crippen LogP contribution in [0.1, 0.15) is 0 Å². The number of esters is 2. The average Bonchev–Trinajstić information content (AvgIpc) is 3.33. The van der Waals surface area contributed by atoms with Crippen molar-refractivity contribution in [3.63, 3.8) is 0 Å². The van der Waals surface area contributed by atoms with E-state index < -0.39 is 5.92 Å². The maximum absolute atomic E-state index is 11.9. The first-order chi connectivity index (χ1) is 10.7. The Labute approximate surface area is 127 Å². The first-order valence-electron chi connectivity index (χ1n) is 7.25. The summed E-state index contributed by atoms with van der Waals surface area (Å²) in [5, 5.41) is 0. The fraction of sp³-hybridized carbons (Fsp3) is 0.500. The SMILES string of the molecule is COC(=O)C1C=CC2=C(C=C1)[C@@H]1OO[C@H]2[C@@H]2C(C(=O)OC)[C@@H]21. The van der Waals surface area contributed by atoms with Crippen LogP contribution in [0.3, 0.4) is 0 Å². The lowest BCUT2D eigenvalue weighted by Crippen LogP contribution is -2.39. The molecule has 3 aliphatic carbocycles. The summed E-state index contributed by atoms with van der Waals surface area (Å²) in [5.74, 6) is -0.915. The molecule has 2 unspecified atom stereocenters. The zero-order valence-corrected chi connectivity index (χ0v) is 12.2. The molecule has 0 aromatic heterocycles. The summed E-state index contributed by atoms with van der Waals surface area (Å²) in [4.78, 5) is 34.4. The van der Waals surface area contributed by atoms with E-state index in [1.165, 1.54) is 14.2 Å². The molecule has 5 aliphatic rings. The van der Waals surface area contributed by atoms with Crippen LogP contribution in [-0.4, -0.2) is 38.4 Å². The number of carbonyl (C=O) groups excluding carboxylic acids is 2. The van der Waals surface area contributed by atoms with Crippen molar-refractivity contribution in [2.45, 2.75) is 12.2 Å². The molecule has 22 heavy (non-hydrogen) atoms. The highest BCUT2D eigenvalue weighted by Gasteiger charge is 2.69. The van der Waals surface area contributed by atoms with Crippen molar-refractivity contribution in [2.24, 2.45) is 23.7 Å². The minimum atomic E-state index is -0.414. The van der Waals surface area contributed by atoms with Crippen LogP contribution in [0.15, 0.2) is 35.5 Å². The molecule has 0 aromatic carbocycles. The van der Waals surface area contributed by atoms with E-state index in [4.69, 9.17) is 19.2 Å². The predicted octanol–water partition coefficient (Wildman–Crippen LogP) is 0.946. The fourth-order valence-corrected chi connectivity index (χ4v) is 3.84. The molecule has 2 bridgehead atoms. The van der Waals surface area contributed by atoms with Crippen LogP contribution in [0.4, 0.5) is 0 Å². The predicted molar refractivity (Wildman–Crippen MR) is 73.0 cm³/mol. The first kappa shape index (κ1) is 13.7. The Balaban J connectivity index is 1.64. The molecular formula is C16H16O6. The summed E-state index contributed by atoms with van der Waals surface area (Å²) in [6.07, 6.45) is 6.79. The van der Waals surface area contributed by atoms with Crippen LogP contribution in [0.25, 0.3) is 0 Å². The number of hydrogen-bond donors (Lipinski definition) is 0. The summed E-state index contributed by atoms with van der Waals surface area (Å²) >= 11 is 0. The van der Waals surface area contributed by atoms with Crippen molar-refractivity contribution in [1.82, 2.24) is 0 Å². The van der Waals surface area contributed by atoms with Gasteiger partial charge in [0, 0.05) is 11.8 Å². The maximum Gasteiger partial charge on any atom is 0.316 e. The van der Waals surface area contributed by atoms with Crippen LogP contribution in [0.5, 0.6) is 0 Å². The third-order valence-electron chi connectivity index (χ3n) is 4.95. The lowest BCUT2D eigenvalue weighted by molar-refractivity contribution is -0.368. The quantitative estimate of drug-likeness (QED) is 0.559. The fourth-order valence-electron chi connectivity index (χ4n) is 3.84. The molecule has 1 saturated carbocycles. The van der Waals surface area contributed by atoms with Gasteiger partial charge in [-0.25, -0.2) is 9.78 Å². The summed E-state index contributed by atoms with van der Waals surface area (Å²) in [6.45, 7) is 0. The molecular weight excluding hydrogens is 288 g/mol. The molecule has 0 radical (unpaired) electrons. The zero-order chi connectivity index (χ0) is 15.4.